The van der Waals surface area contributed by atoms with E-state index >= 15 is 0 Å². The first-order valence-corrected chi connectivity index (χ1v) is 11.3. The predicted octanol–water partition coefficient (Wildman–Crippen LogP) is 3.03. The quantitative estimate of drug-likeness (QED) is 0.833. The van der Waals surface area contributed by atoms with Gasteiger partial charge in [0, 0.05) is 43.0 Å². The molecule has 0 spiro atoms. The van der Waals surface area contributed by atoms with Crippen LogP contribution in [0.4, 0.5) is 5.69 Å². The minimum absolute atomic E-state index is 0.0679. The SMILES string of the molecule is Cc1cccc(N2CCN(C(=O)c3ccc(S(=O)(=O)NC(C)(C)C)cc3)CC2)c1. The normalized spacial score (nSPS) is 15.4. The van der Waals surface area contributed by atoms with Gasteiger partial charge in [0.1, 0.15) is 0 Å². The smallest absolute Gasteiger partial charge is 0.253 e. The van der Waals surface area contributed by atoms with E-state index in [9.17, 15) is 13.2 Å². The summed E-state index contributed by atoms with van der Waals surface area (Å²) in [7, 11) is -3.61. The first-order chi connectivity index (χ1) is 13.5. The van der Waals surface area contributed by atoms with Crippen molar-refractivity contribution in [1.29, 1.82) is 0 Å². The number of benzene rings is 2. The number of carbonyl (C=O) groups excluding carboxylic acids is 1. The van der Waals surface area contributed by atoms with E-state index in [1.807, 2.05) is 11.0 Å². The van der Waals surface area contributed by atoms with Crippen molar-refractivity contribution in [2.75, 3.05) is 31.1 Å². The van der Waals surface area contributed by atoms with Crippen LogP contribution in [-0.4, -0.2) is 50.9 Å². The summed E-state index contributed by atoms with van der Waals surface area (Å²) in [5, 5.41) is 0. The fraction of sp³-hybridized carbons (Fsp3) is 0.409. The lowest BCUT2D eigenvalue weighted by molar-refractivity contribution is 0.0746. The summed E-state index contributed by atoms with van der Waals surface area (Å²) in [6.45, 7) is 10.3. The highest BCUT2D eigenvalue weighted by atomic mass is 32.2. The van der Waals surface area contributed by atoms with Crippen LogP contribution in [0, 0.1) is 6.92 Å². The standard InChI is InChI=1S/C22H29N3O3S/c1-17-6-5-7-19(16-17)24-12-14-25(15-13-24)21(26)18-8-10-20(11-9-18)29(27,28)23-22(2,3)4/h5-11,16,23H,12-15H2,1-4H3. The van der Waals surface area contributed by atoms with Crippen LogP contribution in [0.1, 0.15) is 36.7 Å². The summed E-state index contributed by atoms with van der Waals surface area (Å²) in [4.78, 5) is 17.1. The topological polar surface area (TPSA) is 69.7 Å². The maximum Gasteiger partial charge on any atom is 0.253 e. The van der Waals surface area contributed by atoms with E-state index in [1.54, 1.807) is 32.9 Å². The van der Waals surface area contributed by atoms with E-state index in [0.29, 0.717) is 18.7 Å². The molecule has 1 saturated heterocycles. The van der Waals surface area contributed by atoms with Crippen molar-refractivity contribution in [2.24, 2.45) is 0 Å². The zero-order chi connectivity index (χ0) is 21.2. The number of aryl methyl sites for hydroxylation is 1. The van der Waals surface area contributed by atoms with E-state index in [4.69, 9.17) is 0 Å². The summed E-state index contributed by atoms with van der Waals surface area (Å²) >= 11 is 0. The molecule has 0 aliphatic carbocycles. The Kier molecular flexibility index (Phi) is 6.00. The molecule has 1 N–H and O–H groups in total. The van der Waals surface area contributed by atoms with Crippen LogP contribution in [0.3, 0.4) is 0 Å². The second-order valence-electron chi connectivity index (χ2n) is 8.50. The van der Waals surface area contributed by atoms with Crippen molar-refractivity contribution in [3.05, 3.63) is 59.7 Å². The monoisotopic (exact) mass is 415 g/mol. The lowest BCUT2D eigenvalue weighted by atomic mass is 10.1. The fourth-order valence-corrected chi connectivity index (χ4v) is 4.83. The molecule has 0 radical (unpaired) electrons. The molecule has 0 aromatic heterocycles. The lowest BCUT2D eigenvalue weighted by Gasteiger charge is -2.36. The van der Waals surface area contributed by atoms with Crippen molar-refractivity contribution in [1.82, 2.24) is 9.62 Å². The van der Waals surface area contributed by atoms with Crippen LogP contribution >= 0.6 is 0 Å². The van der Waals surface area contributed by atoms with Gasteiger partial charge < -0.3 is 9.80 Å². The predicted molar refractivity (Wildman–Crippen MR) is 116 cm³/mol. The molecule has 1 amide bonds. The Morgan fingerprint density at radius 3 is 2.14 bits per heavy atom. The number of piperazine rings is 1. The fourth-order valence-electron chi connectivity index (χ4n) is 3.41. The zero-order valence-corrected chi connectivity index (χ0v) is 18.3. The number of hydrogen-bond acceptors (Lipinski definition) is 4. The molecule has 0 bridgehead atoms. The molecule has 29 heavy (non-hydrogen) atoms. The average molecular weight is 416 g/mol. The second-order valence-corrected chi connectivity index (χ2v) is 10.2. The molecule has 1 aliphatic rings. The van der Waals surface area contributed by atoms with Crippen molar-refractivity contribution in [3.63, 3.8) is 0 Å². The van der Waals surface area contributed by atoms with Crippen molar-refractivity contribution in [2.45, 2.75) is 38.1 Å². The van der Waals surface area contributed by atoms with Gasteiger partial charge in [0.05, 0.1) is 4.90 Å². The minimum atomic E-state index is -3.61. The molecule has 0 atom stereocenters. The van der Waals surface area contributed by atoms with Crippen LogP contribution in [-0.2, 0) is 10.0 Å². The molecule has 0 saturated carbocycles. The first kappa shape index (κ1) is 21.3. The van der Waals surface area contributed by atoms with Gasteiger partial charge in [0.15, 0.2) is 0 Å². The van der Waals surface area contributed by atoms with Gasteiger partial charge in [0.25, 0.3) is 5.91 Å². The van der Waals surface area contributed by atoms with E-state index < -0.39 is 15.6 Å². The number of amides is 1. The summed E-state index contributed by atoms with van der Waals surface area (Å²) in [5.74, 6) is -0.0679. The number of hydrogen-bond donors (Lipinski definition) is 1. The van der Waals surface area contributed by atoms with E-state index in [-0.39, 0.29) is 10.8 Å². The van der Waals surface area contributed by atoms with E-state index in [1.165, 1.54) is 23.4 Å². The molecule has 2 aromatic rings. The third-order valence-corrected chi connectivity index (χ3v) is 6.56. The molecule has 1 fully saturated rings. The van der Waals surface area contributed by atoms with E-state index in [2.05, 4.69) is 34.7 Å². The van der Waals surface area contributed by atoms with Crippen LogP contribution in [0.15, 0.2) is 53.4 Å². The van der Waals surface area contributed by atoms with Gasteiger partial charge in [-0.15, -0.1) is 0 Å². The summed E-state index contributed by atoms with van der Waals surface area (Å²) < 4.78 is 27.4. The van der Waals surface area contributed by atoms with Gasteiger partial charge in [-0.2, -0.15) is 0 Å². The molecule has 156 valence electrons. The Balaban J connectivity index is 1.64. The van der Waals surface area contributed by atoms with Crippen molar-refractivity contribution in [3.8, 4) is 0 Å². The van der Waals surface area contributed by atoms with Crippen LogP contribution in [0.5, 0.6) is 0 Å². The largest absolute Gasteiger partial charge is 0.368 e. The highest BCUT2D eigenvalue weighted by molar-refractivity contribution is 7.89. The maximum absolute atomic E-state index is 12.8. The third-order valence-electron chi connectivity index (χ3n) is 4.79. The first-order valence-electron chi connectivity index (χ1n) is 9.80. The summed E-state index contributed by atoms with van der Waals surface area (Å²) in [6, 6.07) is 14.5. The van der Waals surface area contributed by atoms with Gasteiger partial charge in [-0.25, -0.2) is 13.1 Å². The Bertz CT molecular complexity index is 971. The minimum Gasteiger partial charge on any atom is -0.368 e. The highest BCUT2D eigenvalue weighted by Crippen LogP contribution is 2.19. The van der Waals surface area contributed by atoms with Crippen molar-refractivity contribution < 1.29 is 13.2 Å². The molecular formula is C22H29N3O3S. The zero-order valence-electron chi connectivity index (χ0n) is 17.5. The Morgan fingerprint density at radius 1 is 0.966 bits per heavy atom. The van der Waals surface area contributed by atoms with Crippen LogP contribution in [0.25, 0.3) is 0 Å². The average Bonchev–Trinajstić information content (AvgIpc) is 2.66. The number of sulfonamides is 1. The molecule has 0 unspecified atom stereocenters. The van der Waals surface area contributed by atoms with Crippen LogP contribution in [0.2, 0.25) is 0 Å². The van der Waals surface area contributed by atoms with Gasteiger partial charge in [-0.1, -0.05) is 12.1 Å². The number of carbonyl (C=O) groups is 1. The molecular weight excluding hydrogens is 386 g/mol. The molecule has 6 nitrogen and oxygen atoms in total. The number of nitrogens with one attached hydrogen (secondary N) is 1. The maximum atomic E-state index is 12.8. The summed E-state index contributed by atoms with van der Waals surface area (Å²) in [5.41, 5.74) is 2.34. The third kappa shape index (κ3) is 5.36. The van der Waals surface area contributed by atoms with Crippen molar-refractivity contribution >= 4 is 21.6 Å². The molecule has 1 aliphatic heterocycles. The summed E-state index contributed by atoms with van der Waals surface area (Å²) in [6.07, 6.45) is 0. The highest BCUT2D eigenvalue weighted by Gasteiger charge is 2.24. The second kappa shape index (κ2) is 8.16. The number of anilines is 1. The van der Waals surface area contributed by atoms with Crippen LogP contribution < -0.4 is 9.62 Å². The van der Waals surface area contributed by atoms with Gasteiger partial charge in [-0.3, -0.25) is 4.79 Å². The molecule has 1 heterocycles. The lowest BCUT2D eigenvalue weighted by Crippen LogP contribution is -2.48. The molecule has 3 rings (SSSR count). The number of rotatable bonds is 4. The Morgan fingerprint density at radius 2 is 1.59 bits per heavy atom. The van der Waals surface area contributed by atoms with E-state index in [0.717, 1.165) is 13.1 Å². The van der Waals surface area contributed by atoms with Gasteiger partial charge in [-0.05, 0) is 69.7 Å². The number of nitrogens with zero attached hydrogens (tertiary/aromatic N) is 2. The molecule has 7 heteroatoms. The molecule has 2 aromatic carbocycles. The van der Waals surface area contributed by atoms with Gasteiger partial charge in [0.2, 0.25) is 10.0 Å². The Labute approximate surface area is 173 Å². The Hall–Kier alpha value is -2.38. The van der Waals surface area contributed by atoms with Gasteiger partial charge >= 0.3 is 0 Å².